The van der Waals surface area contributed by atoms with Crippen LogP contribution in [-0.2, 0) is 19.1 Å². The third-order valence-corrected chi connectivity index (χ3v) is 4.08. The van der Waals surface area contributed by atoms with Gasteiger partial charge in [-0.05, 0) is 42.7 Å². The van der Waals surface area contributed by atoms with Crippen molar-refractivity contribution >= 4 is 23.9 Å². The number of methoxy groups -OCH3 is 1. The SMILES string of the molecule is COc1ccc(/C=C2\C(=O)N(CCCOC(C)=O)C(=O)C(C#N)=C2C)cc1. The minimum atomic E-state index is -0.630. The predicted octanol–water partition coefficient (Wildman–Crippen LogP) is 2.24. The van der Waals surface area contributed by atoms with E-state index in [1.807, 2.05) is 6.07 Å². The summed E-state index contributed by atoms with van der Waals surface area (Å²) in [5.74, 6) is -0.857. The first-order valence-electron chi connectivity index (χ1n) is 8.35. The maximum atomic E-state index is 12.8. The molecule has 27 heavy (non-hydrogen) atoms. The predicted molar refractivity (Wildman–Crippen MR) is 97.3 cm³/mol. The molecule has 1 aromatic rings. The van der Waals surface area contributed by atoms with Crippen molar-refractivity contribution in [2.24, 2.45) is 0 Å². The highest BCUT2D eigenvalue weighted by molar-refractivity contribution is 6.19. The number of hydrogen-bond donors (Lipinski definition) is 0. The molecular weight excluding hydrogens is 348 g/mol. The number of nitrogens with zero attached hydrogens (tertiary/aromatic N) is 2. The number of carbonyl (C=O) groups is 3. The first-order valence-corrected chi connectivity index (χ1v) is 8.35. The zero-order chi connectivity index (χ0) is 20.0. The van der Waals surface area contributed by atoms with Gasteiger partial charge in [0, 0.05) is 19.0 Å². The van der Waals surface area contributed by atoms with Crippen molar-refractivity contribution < 1.29 is 23.9 Å². The fourth-order valence-corrected chi connectivity index (χ4v) is 2.64. The van der Waals surface area contributed by atoms with Crippen molar-refractivity contribution in [1.82, 2.24) is 4.90 Å². The summed E-state index contributed by atoms with van der Waals surface area (Å²) < 4.78 is 9.94. The summed E-state index contributed by atoms with van der Waals surface area (Å²) in [6, 6.07) is 8.95. The highest BCUT2D eigenvalue weighted by atomic mass is 16.5. The van der Waals surface area contributed by atoms with E-state index in [0.29, 0.717) is 17.7 Å². The molecule has 7 heteroatoms. The molecule has 1 aliphatic heterocycles. The summed E-state index contributed by atoms with van der Waals surface area (Å²) in [7, 11) is 1.56. The van der Waals surface area contributed by atoms with Crippen molar-refractivity contribution in [2.75, 3.05) is 20.3 Å². The van der Waals surface area contributed by atoms with E-state index in [9.17, 15) is 19.6 Å². The molecule has 140 valence electrons. The number of benzene rings is 1. The molecule has 0 unspecified atom stereocenters. The number of carbonyl (C=O) groups excluding carboxylic acids is 3. The van der Waals surface area contributed by atoms with Crippen LogP contribution < -0.4 is 4.74 Å². The van der Waals surface area contributed by atoms with Crippen molar-refractivity contribution in [3.05, 3.63) is 46.5 Å². The Hall–Kier alpha value is -3.40. The van der Waals surface area contributed by atoms with E-state index in [2.05, 4.69) is 0 Å². The van der Waals surface area contributed by atoms with Crippen LogP contribution in [0.5, 0.6) is 5.75 Å². The molecule has 1 heterocycles. The molecule has 0 N–H and O–H groups in total. The molecular formula is C20H20N2O5. The van der Waals surface area contributed by atoms with E-state index < -0.39 is 17.8 Å². The number of hydrogen-bond acceptors (Lipinski definition) is 6. The van der Waals surface area contributed by atoms with Crippen LogP contribution in [0.15, 0.2) is 41.0 Å². The number of amides is 2. The van der Waals surface area contributed by atoms with E-state index in [-0.39, 0.29) is 24.3 Å². The van der Waals surface area contributed by atoms with E-state index in [0.717, 1.165) is 10.5 Å². The molecule has 0 saturated heterocycles. The lowest BCUT2D eigenvalue weighted by molar-refractivity contribution is -0.141. The van der Waals surface area contributed by atoms with Crippen LogP contribution in [0.3, 0.4) is 0 Å². The van der Waals surface area contributed by atoms with Gasteiger partial charge in [-0.2, -0.15) is 5.26 Å². The summed E-state index contributed by atoms with van der Waals surface area (Å²) in [6.07, 6.45) is 1.94. The van der Waals surface area contributed by atoms with Crippen LogP contribution in [0.2, 0.25) is 0 Å². The van der Waals surface area contributed by atoms with Gasteiger partial charge in [-0.1, -0.05) is 12.1 Å². The van der Waals surface area contributed by atoms with Gasteiger partial charge in [0.25, 0.3) is 11.8 Å². The Labute approximate surface area is 157 Å². The van der Waals surface area contributed by atoms with Gasteiger partial charge >= 0.3 is 5.97 Å². The van der Waals surface area contributed by atoms with Crippen LogP contribution in [-0.4, -0.2) is 42.9 Å². The van der Waals surface area contributed by atoms with Gasteiger partial charge in [0.2, 0.25) is 0 Å². The Bertz CT molecular complexity index is 859. The summed E-state index contributed by atoms with van der Waals surface area (Å²) in [6.45, 7) is 3.02. The maximum Gasteiger partial charge on any atom is 0.302 e. The first kappa shape index (κ1) is 19.9. The van der Waals surface area contributed by atoms with Gasteiger partial charge in [0.1, 0.15) is 17.4 Å². The summed E-state index contributed by atoms with van der Waals surface area (Å²) >= 11 is 0. The van der Waals surface area contributed by atoms with Gasteiger partial charge in [-0.15, -0.1) is 0 Å². The Morgan fingerprint density at radius 2 is 1.89 bits per heavy atom. The normalized spacial score (nSPS) is 15.8. The van der Waals surface area contributed by atoms with E-state index in [4.69, 9.17) is 9.47 Å². The van der Waals surface area contributed by atoms with Crippen molar-refractivity contribution in [3.8, 4) is 11.8 Å². The molecule has 0 aliphatic carbocycles. The highest BCUT2D eigenvalue weighted by Gasteiger charge is 2.35. The number of ether oxygens (including phenoxy) is 2. The average molecular weight is 368 g/mol. The van der Waals surface area contributed by atoms with Crippen LogP contribution in [0.4, 0.5) is 0 Å². The standard InChI is InChI=1S/C20H20N2O5/c1-13-17(11-15-5-7-16(26-3)8-6-15)19(24)22(20(25)18(13)12-21)9-4-10-27-14(2)23/h5-8,11H,4,9-10H2,1-3H3/b17-11-. The zero-order valence-corrected chi connectivity index (χ0v) is 15.4. The molecule has 0 fully saturated rings. The average Bonchev–Trinajstić information content (AvgIpc) is 2.65. The second kappa shape index (κ2) is 8.81. The Morgan fingerprint density at radius 1 is 1.22 bits per heavy atom. The third kappa shape index (κ3) is 4.61. The Morgan fingerprint density at radius 3 is 2.44 bits per heavy atom. The molecule has 0 saturated carbocycles. The monoisotopic (exact) mass is 368 g/mol. The van der Waals surface area contributed by atoms with Crippen molar-refractivity contribution in [3.63, 3.8) is 0 Å². The fourth-order valence-electron chi connectivity index (χ4n) is 2.64. The number of imide groups is 1. The van der Waals surface area contributed by atoms with Gasteiger partial charge in [-0.25, -0.2) is 0 Å². The first-order chi connectivity index (χ1) is 12.9. The molecule has 1 aliphatic rings. The van der Waals surface area contributed by atoms with Crippen molar-refractivity contribution in [2.45, 2.75) is 20.3 Å². The zero-order valence-electron chi connectivity index (χ0n) is 15.4. The minimum absolute atomic E-state index is 0.0589. The van der Waals surface area contributed by atoms with Crippen LogP contribution in [0.25, 0.3) is 6.08 Å². The highest BCUT2D eigenvalue weighted by Crippen LogP contribution is 2.27. The van der Waals surface area contributed by atoms with Gasteiger partial charge in [0.15, 0.2) is 0 Å². The summed E-state index contributed by atoms with van der Waals surface area (Å²) in [4.78, 5) is 37.1. The molecule has 0 bridgehead atoms. The fraction of sp³-hybridized carbons (Fsp3) is 0.300. The number of rotatable bonds is 6. The van der Waals surface area contributed by atoms with Gasteiger partial charge in [-0.3, -0.25) is 19.3 Å². The number of esters is 1. The van der Waals surface area contributed by atoms with E-state index >= 15 is 0 Å². The molecule has 0 aromatic heterocycles. The molecule has 7 nitrogen and oxygen atoms in total. The lowest BCUT2D eigenvalue weighted by Gasteiger charge is -2.27. The molecule has 2 amide bonds. The smallest absolute Gasteiger partial charge is 0.302 e. The second-order valence-electron chi connectivity index (χ2n) is 5.90. The van der Waals surface area contributed by atoms with Crippen LogP contribution >= 0.6 is 0 Å². The second-order valence-corrected chi connectivity index (χ2v) is 5.90. The van der Waals surface area contributed by atoms with Crippen LogP contribution in [0.1, 0.15) is 25.8 Å². The molecule has 0 radical (unpaired) electrons. The topological polar surface area (TPSA) is 96.7 Å². The van der Waals surface area contributed by atoms with E-state index in [1.165, 1.54) is 6.92 Å². The molecule has 2 rings (SSSR count). The van der Waals surface area contributed by atoms with Gasteiger partial charge < -0.3 is 9.47 Å². The largest absolute Gasteiger partial charge is 0.497 e. The Balaban J connectivity index is 2.31. The van der Waals surface area contributed by atoms with Crippen LogP contribution in [0, 0.1) is 11.3 Å². The third-order valence-electron chi connectivity index (χ3n) is 4.08. The quantitative estimate of drug-likeness (QED) is 0.331. The molecule has 1 aromatic carbocycles. The minimum Gasteiger partial charge on any atom is -0.497 e. The lowest BCUT2D eigenvalue weighted by atomic mass is 9.93. The summed E-state index contributed by atoms with van der Waals surface area (Å²) in [5, 5.41) is 9.35. The molecule has 0 spiro atoms. The number of nitriles is 1. The molecule has 0 atom stereocenters. The van der Waals surface area contributed by atoms with E-state index in [1.54, 1.807) is 44.4 Å². The van der Waals surface area contributed by atoms with Gasteiger partial charge in [0.05, 0.1) is 13.7 Å². The Kier molecular flexibility index (Phi) is 6.50. The summed E-state index contributed by atoms with van der Waals surface area (Å²) in [5.41, 5.74) is 1.30. The lowest BCUT2D eigenvalue weighted by Crippen LogP contribution is -2.43. The van der Waals surface area contributed by atoms with Crippen molar-refractivity contribution in [1.29, 1.82) is 5.26 Å². The maximum absolute atomic E-state index is 12.8.